The van der Waals surface area contributed by atoms with E-state index in [1.54, 1.807) is 0 Å². The highest BCUT2D eigenvalue weighted by Crippen LogP contribution is 2.13. The number of hydrogen-bond donors (Lipinski definition) is 2. The molecule has 1 fully saturated rings. The summed E-state index contributed by atoms with van der Waals surface area (Å²) in [6.45, 7) is 8.46. The molecule has 1 rings (SSSR count). The Kier molecular flexibility index (Phi) is 5.40. The quantitative estimate of drug-likeness (QED) is 0.756. The molecular formula is C13H26N2O2. The van der Waals surface area contributed by atoms with Crippen LogP contribution in [0.15, 0.2) is 0 Å². The van der Waals surface area contributed by atoms with Gasteiger partial charge in [-0.25, -0.2) is 0 Å². The second-order valence-corrected chi connectivity index (χ2v) is 5.81. The number of rotatable bonds is 5. The SMILES string of the molecule is CC(NCC(C)(C)CO)C(=O)N1CCCCC1. The second-order valence-electron chi connectivity index (χ2n) is 5.81. The van der Waals surface area contributed by atoms with Crippen LogP contribution in [0.4, 0.5) is 0 Å². The van der Waals surface area contributed by atoms with Crippen LogP contribution in [0.5, 0.6) is 0 Å². The van der Waals surface area contributed by atoms with Crippen LogP contribution in [-0.2, 0) is 4.79 Å². The fourth-order valence-electron chi connectivity index (χ4n) is 1.96. The fraction of sp³-hybridized carbons (Fsp3) is 0.923. The Hall–Kier alpha value is -0.610. The molecule has 0 aromatic heterocycles. The third-order valence-electron chi connectivity index (χ3n) is 3.35. The van der Waals surface area contributed by atoms with Crippen LogP contribution in [0, 0.1) is 5.41 Å². The minimum Gasteiger partial charge on any atom is -0.396 e. The van der Waals surface area contributed by atoms with Crippen molar-refractivity contribution < 1.29 is 9.90 Å². The van der Waals surface area contributed by atoms with Gasteiger partial charge in [0.1, 0.15) is 0 Å². The molecule has 1 unspecified atom stereocenters. The maximum absolute atomic E-state index is 12.1. The van der Waals surface area contributed by atoms with Crippen LogP contribution in [0.3, 0.4) is 0 Å². The van der Waals surface area contributed by atoms with Crippen molar-refractivity contribution in [2.75, 3.05) is 26.2 Å². The van der Waals surface area contributed by atoms with Gasteiger partial charge in [0.25, 0.3) is 0 Å². The monoisotopic (exact) mass is 242 g/mol. The van der Waals surface area contributed by atoms with Crippen molar-refractivity contribution in [1.82, 2.24) is 10.2 Å². The van der Waals surface area contributed by atoms with Crippen molar-refractivity contribution in [3.63, 3.8) is 0 Å². The molecule has 0 aliphatic carbocycles. The van der Waals surface area contributed by atoms with Crippen LogP contribution in [-0.4, -0.2) is 48.2 Å². The van der Waals surface area contributed by atoms with E-state index in [1.807, 2.05) is 25.7 Å². The maximum atomic E-state index is 12.1. The van der Waals surface area contributed by atoms with Crippen molar-refractivity contribution in [2.24, 2.45) is 5.41 Å². The number of nitrogens with zero attached hydrogens (tertiary/aromatic N) is 1. The van der Waals surface area contributed by atoms with Gasteiger partial charge in [0.15, 0.2) is 0 Å². The topological polar surface area (TPSA) is 52.6 Å². The first-order chi connectivity index (χ1) is 7.96. The van der Waals surface area contributed by atoms with Crippen LogP contribution in [0.2, 0.25) is 0 Å². The molecule has 1 aliphatic rings. The van der Waals surface area contributed by atoms with E-state index in [-0.39, 0.29) is 24.0 Å². The molecule has 1 atom stereocenters. The first-order valence-corrected chi connectivity index (χ1v) is 6.59. The van der Waals surface area contributed by atoms with Gasteiger partial charge in [-0.3, -0.25) is 4.79 Å². The number of carbonyl (C=O) groups is 1. The summed E-state index contributed by atoms with van der Waals surface area (Å²) in [4.78, 5) is 14.1. The molecule has 0 radical (unpaired) electrons. The molecular weight excluding hydrogens is 216 g/mol. The van der Waals surface area contributed by atoms with Gasteiger partial charge in [-0.2, -0.15) is 0 Å². The highest BCUT2D eigenvalue weighted by atomic mass is 16.3. The van der Waals surface area contributed by atoms with Crippen LogP contribution < -0.4 is 5.32 Å². The lowest BCUT2D eigenvalue weighted by Gasteiger charge is -2.31. The van der Waals surface area contributed by atoms with E-state index in [9.17, 15) is 4.79 Å². The van der Waals surface area contributed by atoms with Gasteiger partial charge in [0, 0.05) is 31.7 Å². The summed E-state index contributed by atoms with van der Waals surface area (Å²) in [5.41, 5.74) is -0.170. The Balaban J connectivity index is 2.36. The Bertz CT molecular complexity index is 248. The molecule has 1 amide bonds. The molecule has 17 heavy (non-hydrogen) atoms. The number of amides is 1. The van der Waals surface area contributed by atoms with Crippen LogP contribution in [0.1, 0.15) is 40.0 Å². The third-order valence-corrected chi connectivity index (χ3v) is 3.35. The summed E-state index contributed by atoms with van der Waals surface area (Å²) >= 11 is 0. The molecule has 1 heterocycles. The van der Waals surface area contributed by atoms with Gasteiger partial charge in [-0.05, 0) is 26.2 Å². The van der Waals surface area contributed by atoms with Crippen molar-refractivity contribution in [3.05, 3.63) is 0 Å². The largest absolute Gasteiger partial charge is 0.396 e. The zero-order valence-corrected chi connectivity index (χ0v) is 11.3. The summed E-state index contributed by atoms with van der Waals surface area (Å²) in [6, 6.07) is -0.154. The Morgan fingerprint density at radius 1 is 1.35 bits per heavy atom. The Morgan fingerprint density at radius 3 is 2.47 bits per heavy atom. The number of likely N-dealkylation sites (tertiary alicyclic amines) is 1. The number of piperidine rings is 1. The highest BCUT2D eigenvalue weighted by Gasteiger charge is 2.24. The molecule has 100 valence electrons. The number of aliphatic hydroxyl groups excluding tert-OH is 1. The standard InChI is InChI=1S/C13H26N2O2/c1-11(14-9-13(2,3)10-16)12(17)15-7-5-4-6-8-15/h11,14,16H,4-10H2,1-3H3. The Labute approximate surface area is 104 Å². The van der Waals surface area contributed by atoms with E-state index in [2.05, 4.69) is 5.32 Å². The summed E-state index contributed by atoms with van der Waals surface area (Å²) in [5, 5.41) is 12.4. The maximum Gasteiger partial charge on any atom is 0.239 e. The van der Waals surface area contributed by atoms with Crippen molar-refractivity contribution in [3.8, 4) is 0 Å². The molecule has 4 nitrogen and oxygen atoms in total. The molecule has 2 N–H and O–H groups in total. The van der Waals surface area contributed by atoms with Gasteiger partial charge in [0.05, 0.1) is 6.04 Å². The van der Waals surface area contributed by atoms with E-state index < -0.39 is 0 Å². The summed E-state index contributed by atoms with van der Waals surface area (Å²) in [6.07, 6.45) is 3.49. The lowest BCUT2D eigenvalue weighted by atomic mass is 9.94. The summed E-state index contributed by atoms with van der Waals surface area (Å²) < 4.78 is 0. The number of nitrogens with one attached hydrogen (secondary N) is 1. The van der Waals surface area contributed by atoms with Gasteiger partial charge < -0.3 is 15.3 Å². The van der Waals surface area contributed by atoms with Gasteiger partial charge in [-0.15, -0.1) is 0 Å². The lowest BCUT2D eigenvalue weighted by Crippen LogP contribution is -2.49. The molecule has 0 spiro atoms. The fourth-order valence-corrected chi connectivity index (χ4v) is 1.96. The molecule has 0 aromatic carbocycles. The average Bonchev–Trinajstić information content (AvgIpc) is 2.36. The second kappa shape index (κ2) is 6.36. The van der Waals surface area contributed by atoms with E-state index in [1.165, 1.54) is 6.42 Å². The normalized spacial score (nSPS) is 19.2. The summed E-state index contributed by atoms with van der Waals surface area (Å²) in [5.74, 6) is 0.193. The average molecular weight is 242 g/mol. The lowest BCUT2D eigenvalue weighted by molar-refractivity contribution is -0.134. The predicted octanol–water partition coefficient (Wildman–Crippen LogP) is 0.995. The third kappa shape index (κ3) is 4.64. The Morgan fingerprint density at radius 2 is 1.94 bits per heavy atom. The summed E-state index contributed by atoms with van der Waals surface area (Å²) in [7, 11) is 0. The smallest absolute Gasteiger partial charge is 0.239 e. The zero-order valence-electron chi connectivity index (χ0n) is 11.3. The van der Waals surface area contributed by atoms with E-state index in [4.69, 9.17) is 5.11 Å². The number of carbonyl (C=O) groups excluding carboxylic acids is 1. The zero-order chi connectivity index (χ0) is 12.9. The molecule has 0 saturated carbocycles. The number of aliphatic hydroxyl groups is 1. The predicted molar refractivity (Wildman–Crippen MR) is 68.8 cm³/mol. The van der Waals surface area contributed by atoms with E-state index in [0.717, 1.165) is 25.9 Å². The van der Waals surface area contributed by atoms with Crippen molar-refractivity contribution in [2.45, 2.75) is 46.1 Å². The molecule has 4 heteroatoms. The van der Waals surface area contributed by atoms with Gasteiger partial charge in [0.2, 0.25) is 5.91 Å². The molecule has 1 saturated heterocycles. The first-order valence-electron chi connectivity index (χ1n) is 6.59. The minimum atomic E-state index is -0.170. The molecule has 0 aromatic rings. The van der Waals surface area contributed by atoms with Crippen LogP contribution in [0.25, 0.3) is 0 Å². The van der Waals surface area contributed by atoms with Crippen LogP contribution >= 0.6 is 0 Å². The van der Waals surface area contributed by atoms with Gasteiger partial charge in [-0.1, -0.05) is 13.8 Å². The first kappa shape index (κ1) is 14.5. The van der Waals surface area contributed by atoms with E-state index in [0.29, 0.717) is 6.54 Å². The minimum absolute atomic E-state index is 0.130. The highest BCUT2D eigenvalue weighted by molar-refractivity contribution is 5.81. The molecule has 1 aliphatic heterocycles. The van der Waals surface area contributed by atoms with Crippen molar-refractivity contribution >= 4 is 5.91 Å². The van der Waals surface area contributed by atoms with E-state index >= 15 is 0 Å². The molecule has 0 bridgehead atoms. The van der Waals surface area contributed by atoms with Crippen molar-refractivity contribution in [1.29, 1.82) is 0 Å². The van der Waals surface area contributed by atoms with Gasteiger partial charge >= 0.3 is 0 Å². The number of hydrogen-bond acceptors (Lipinski definition) is 3.